The highest BCUT2D eigenvalue weighted by Crippen LogP contribution is 2.18. The summed E-state index contributed by atoms with van der Waals surface area (Å²) < 4.78 is 2.67. The molecule has 6 heteroatoms. The highest BCUT2D eigenvalue weighted by molar-refractivity contribution is 9.10. The molecule has 2 N–H and O–H groups in total. The molecule has 1 aromatic heterocycles. The highest BCUT2D eigenvalue weighted by Gasteiger charge is 2.14. The Kier molecular flexibility index (Phi) is 4.16. The second kappa shape index (κ2) is 6.26. The lowest BCUT2D eigenvalue weighted by atomic mass is 10.2. The fourth-order valence-electron chi connectivity index (χ4n) is 2.36. The molecule has 0 fully saturated rings. The van der Waals surface area contributed by atoms with Gasteiger partial charge in [0, 0.05) is 28.0 Å². The van der Waals surface area contributed by atoms with Crippen molar-refractivity contribution in [2.24, 2.45) is 7.05 Å². The Labute approximate surface area is 141 Å². The molecular weight excluding hydrogens is 358 g/mol. The molecule has 0 saturated heterocycles. The lowest BCUT2D eigenvalue weighted by molar-refractivity contribution is 0.0842. The first kappa shape index (κ1) is 15.3. The average Bonchev–Trinajstić information content (AvgIpc) is 2.90. The van der Waals surface area contributed by atoms with Crippen molar-refractivity contribution in [1.29, 1.82) is 0 Å². The molecule has 0 aliphatic rings. The number of fused-ring (bicyclic) bond motifs is 1. The average molecular weight is 372 g/mol. The maximum Gasteiger partial charge on any atom is 0.286 e. The summed E-state index contributed by atoms with van der Waals surface area (Å²) in [6.07, 6.45) is 0. The van der Waals surface area contributed by atoms with Crippen LogP contribution < -0.4 is 10.9 Å². The predicted octanol–water partition coefficient (Wildman–Crippen LogP) is 3.02. The third-order valence-electron chi connectivity index (χ3n) is 3.58. The number of hydrazine groups is 1. The van der Waals surface area contributed by atoms with Crippen molar-refractivity contribution >= 4 is 38.6 Å². The van der Waals surface area contributed by atoms with Gasteiger partial charge in [0.15, 0.2) is 0 Å². The molecule has 0 bridgehead atoms. The lowest BCUT2D eigenvalue weighted by Gasteiger charge is -2.08. The van der Waals surface area contributed by atoms with Gasteiger partial charge in [0.2, 0.25) is 0 Å². The van der Waals surface area contributed by atoms with Gasteiger partial charge in [-0.2, -0.15) is 0 Å². The molecule has 3 aromatic rings. The van der Waals surface area contributed by atoms with Gasteiger partial charge in [-0.25, -0.2) is 0 Å². The second-order valence-electron chi connectivity index (χ2n) is 5.06. The Bertz CT molecular complexity index is 884. The van der Waals surface area contributed by atoms with Crippen molar-refractivity contribution in [3.8, 4) is 0 Å². The maximum atomic E-state index is 12.3. The van der Waals surface area contributed by atoms with Gasteiger partial charge in [0.25, 0.3) is 11.8 Å². The summed E-state index contributed by atoms with van der Waals surface area (Å²) in [5, 5.41) is 0.972. The summed E-state index contributed by atoms with van der Waals surface area (Å²) in [5.74, 6) is -0.737. The Balaban J connectivity index is 1.72. The fourth-order valence-corrected chi connectivity index (χ4v) is 2.62. The summed E-state index contributed by atoms with van der Waals surface area (Å²) in [6.45, 7) is 0. The second-order valence-corrected chi connectivity index (χ2v) is 5.98. The van der Waals surface area contributed by atoms with E-state index in [1.165, 1.54) is 0 Å². The number of hydrogen-bond acceptors (Lipinski definition) is 2. The zero-order valence-electron chi connectivity index (χ0n) is 12.3. The lowest BCUT2D eigenvalue weighted by Crippen LogP contribution is -2.42. The molecule has 0 aliphatic carbocycles. The third kappa shape index (κ3) is 3.12. The first-order valence-electron chi connectivity index (χ1n) is 6.97. The van der Waals surface area contributed by atoms with E-state index in [1.54, 1.807) is 34.9 Å². The molecule has 2 aromatic carbocycles. The molecule has 0 saturated carbocycles. The quantitative estimate of drug-likeness (QED) is 0.680. The summed E-state index contributed by atoms with van der Waals surface area (Å²) >= 11 is 3.31. The number of nitrogens with zero attached hydrogens (tertiary/aromatic N) is 1. The summed E-state index contributed by atoms with van der Waals surface area (Å²) in [6, 6.07) is 16.4. The molecule has 3 rings (SSSR count). The Morgan fingerprint density at radius 3 is 2.30 bits per heavy atom. The minimum absolute atomic E-state index is 0.367. The number of aromatic nitrogens is 1. The van der Waals surface area contributed by atoms with Gasteiger partial charge in [0.1, 0.15) is 5.69 Å². The van der Waals surface area contributed by atoms with Gasteiger partial charge in [-0.05, 0) is 36.4 Å². The molecule has 1 heterocycles. The number of aryl methyl sites for hydroxylation is 1. The molecule has 0 atom stereocenters. The topological polar surface area (TPSA) is 63.1 Å². The van der Waals surface area contributed by atoms with Crippen LogP contribution in [0.3, 0.4) is 0 Å². The van der Waals surface area contributed by atoms with E-state index in [1.807, 2.05) is 31.3 Å². The Morgan fingerprint density at radius 2 is 1.61 bits per heavy atom. The Hall–Kier alpha value is -2.60. The van der Waals surface area contributed by atoms with E-state index >= 15 is 0 Å². The highest BCUT2D eigenvalue weighted by atomic mass is 79.9. The van der Waals surface area contributed by atoms with Crippen LogP contribution in [-0.2, 0) is 7.05 Å². The SMILES string of the molecule is Cn1c(C(=O)NNC(=O)c2ccc(Br)cc2)cc2ccccc21. The number of benzene rings is 2. The minimum Gasteiger partial charge on any atom is -0.340 e. The van der Waals surface area contributed by atoms with E-state index in [9.17, 15) is 9.59 Å². The van der Waals surface area contributed by atoms with Crippen LogP contribution in [0.1, 0.15) is 20.8 Å². The van der Waals surface area contributed by atoms with Crippen LogP contribution >= 0.6 is 15.9 Å². The van der Waals surface area contributed by atoms with Gasteiger partial charge in [-0.3, -0.25) is 20.4 Å². The van der Waals surface area contributed by atoms with Crippen LogP contribution in [0, 0.1) is 0 Å². The minimum atomic E-state index is -0.371. The third-order valence-corrected chi connectivity index (χ3v) is 4.11. The monoisotopic (exact) mass is 371 g/mol. The first-order valence-corrected chi connectivity index (χ1v) is 7.76. The fraction of sp³-hybridized carbons (Fsp3) is 0.0588. The van der Waals surface area contributed by atoms with E-state index in [2.05, 4.69) is 26.8 Å². The predicted molar refractivity (Wildman–Crippen MR) is 92.0 cm³/mol. The molecule has 116 valence electrons. The maximum absolute atomic E-state index is 12.3. The summed E-state index contributed by atoms with van der Waals surface area (Å²) in [5.41, 5.74) is 6.76. The zero-order chi connectivity index (χ0) is 16.4. The smallest absolute Gasteiger partial charge is 0.286 e. The molecule has 0 unspecified atom stereocenters. The van der Waals surface area contributed by atoms with Crippen LogP contribution in [0.2, 0.25) is 0 Å². The molecule has 23 heavy (non-hydrogen) atoms. The number of carbonyl (C=O) groups is 2. The van der Waals surface area contributed by atoms with E-state index < -0.39 is 0 Å². The van der Waals surface area contributed by atoms with Crippen molar-refractivity contribution in [3.63, 3.8) is 0 Å². The van der Waals surface area contributed by atoms with Gasteiger partial charge in [-0.15, -0.1) is 0 Å². The van der Waals surface area contributed by atoms with Gasteiger partial charge in [0.05, 0.1) is 0 Å². The molecule has 2 amide bonds. The summed E-state index contributed by atoms with van der Waals surface area (Å²) in [4.78, 5) is 24.3. The van der Waals surface area contributed by atoms with Crippen molar-refractivity contribution < 1.29 is 9.59 Å². The van der Waals surface area contributed by atoms with Crippen molar-refractivity contribution in [3.05, 3.63) is 70.3 Å². The molecule has 0 radical (unpaired) electrons. The number of carbonyl (C=O) groups excluding carboxylic acids is 2. The zero-order valence-corrected chi connectivity index (χ0v) is 13.9. The van der Waals surface area contributed by atoms with Gasteiger partial charge in [-0.1, -0.05) is 34.1 Å². The first-order chi connectivity index (χ1) is 11.1. The van der Waals surface area contributed by atoms with Crippen LogP contribution in [-0.4, -0.2) is 16.4 Å². The van der Waals surface area contributed by atoms with Gasteiger partial charge < -0.3 is 4.57 Å². The standard InChI is InChI=1S/C17H14BrN3O2/c1-21-14-5-3-2-4-12(14)10-15(21)17(23)20-19-16(22)11-6-8-13(18)9-7-11/h2-10H,1H3,(H,19,22)(H,20,23). The molecule has 5 nitrogen and oxygen atoms in total. The summed E-state index contributed by atoms with van der Waals surface area (Å²) in [7, 11) is 1.81. The van der Waals surface area contributed by atoms with Crippen LogP contribution in [0.4, 0.5) is 0 Å². The number of nitrogens with one attached hydrogen (secondary N) is 2. The van der Waals surface area contributed by atoms with Crippen molar-refractivity contribution in [2.75, 3.05) is 0 Å². The molecule has 0 aliphatic heterocycles. The van der Waals surface area contributed by atoms with E-state index in [0.29, 0.717) is 11.3 Å². The van der Waals surface area contributed by atoms with Crippen LogP contribution in [0.5, 0.6) is 0 Å². The number of amides is 2. The van der Waals surface area contributed by atoms with E-state index in [0.717, 1.165) is 15.4 Å². The number of rotatable bonds is 2. The van der Waals surface area contributed by atoms with Crippen molar-refractivity contribution in [2.45, 2.75) is 0 Å². The number of hydrogen-bond donors (Lipinski definition) is 2. The largest absolute Gasteiger partial charge is 0.340 e. The van der Waals surface area contributed by atoms with Crippen LogP contribution in [0.25, 0.3) is 10.9 Å². The van der Waals surface area contributed by atoms with Gasteiger partial charge >= 0.3 is 0 Å². The van der Waals surface area contributed by atoms with Crippen LogP contribution in [0.15, 0.2) is 59.1 Å². The molecule has 0 spiro atoms. The Morgan fingerprint density at radius 1 is 0.957 bits per heavy atom. The van der Waals surface area contributed by atoms with E-state index in [-0.39, 0.29) is 11.8 Å². The van der Waals surface area contributed by atoms with E-state index in [4.69, 9.17) is 0 Å². The number of para-hydroxylation sites is 1. The number of halogens is 1. The molecular formula is C17H14BrN3O2. The van der Waals surface area contributed by atoms with Crippen molar-refractivity contribution in [1.82, 2.24) is 15.4 Å². The normalized spacial score (nSPS) is 10.5.